The number of amides is 1. The zero-order valence-corrected chi connectivity index (χ0v) is 13.5. The minimum Gasteiger partial charge on any atom is -0.371 e. The molecule has 1 N–H and O–H groups in total. The molecule has 0 spiro atoms. The van der Waals surface area contributed by atoms with Gasteiger partial charge < -0.3 is 10.1 Å². The van der Waals surface area contributed by atoms with Crippen LogP contribution in [0.1, 0.15) is 25.8 Å². The number of carbonyl (C=O) groups is 1. The predicted molar refractivity (Wildman–Crippen MR) is 86.3 cm³/mol. The van der Waals surface area contributed by atoms with Gasteiger partial charge in [0.1, 0.15) is 0 Å². The van der Waals surface area contributed by atoms with Crippen LogP contribution in [0.25, 0.3) is 0 Å². The summed E-state index contributed by atoms with van der Waals surface area (Å²) in [5.41, 5.74) is 1.14. The number of rotatable bonds is 5. The molecule has 2 bridgehead atoms. The summed E-state index contributed by atoms with van der Waals surface area (Å²) in [6.45, 7) is 8.02. The van der Waals surface area contributed by atoms with Gasteiger partial charge in [0, 0.05) is 26.2 Å². The zero-order valence-electron chi connectivity index (χ0n) is 13.5. The minimum atomic E-state index is 0.00544. The molecule has 0 saturated carbocycles. The summed E-state index contributed by atoms with van der Waals surface area (Å²) in [5, 5.41) is 3.07. The van der Waals surface area contributed by atoms with Crippen LogP contribution in [0, 0.1) is 11.8 Å². The Hall–Kier alpha value is -1.39. The van der Waals surface area contributed by atoms with E-state index in [9.17, 15) is 4.79 Å². The predicted octanol–water partition coefficient (Wildman–Crippen LogP) is 2.05. The highest BCUT2D eigenvalue weighted by atomic mass is 16.5. The van der Waals surface area contributed by atoms with Gasteiger partial charge in [0.2, 0.25) is 5.91 Å². The van der Waals surface area contributed by atoms with Crippen molar-refractivity contribution in [1.82, 2.24) is 10.2 Å². The summed E-state index contributed by atoms with van der Waals surface area (Å²) >= 11 is 0. The smallest absolute Gasteiger partial charge is 0.226 e. The highest BCUT2D eigenvalue weighted by molar-refractivity contribution is 5.79. The van der Waals surface area contributed by atoms with E-state index < -0.39 is 0 Å². The van der Waals surface area contributed by atoms with Crippen LogP contribution in [-0.2, 0) is 16.1 Å². The quantitative estimate of drug-likeness (QED) is 0.905. The third-order valence-electron chi connectivity index (χ3n) is 4.50. The topological polar surface area (TPSA) is 41.6 Å². The second-order valence-corrected chi connectivity index (χ2v) is 6.95. The summed E-state index contributed by atoms with van der Waals surface area (Å²) in [6, 6.07) is 10.1. The summed E-state index contributed by atoms with van der Waals surface area (Å²) in [6.07, 6.45) is 1.15. The molecular weight excluding hydrogens is 276 g/mol. The van der Waals surface area contributed by atoms with E-state index in [4.69, 9.17) is 4.74 Å². The van der Waals surface area contributed by atoms with E-state index >= 15 is 0 Å². The Bertz CT molecular complexity index is 503. The molecule has 4 nitrogen and oxygen atoms in total. The first-order chi connectivity index (χ1) is 10.6. The molecule has 1 aromatic carbocycles. The number of likely N-dealkylation sites (tertiary alicyclic amines) is 1. The second-order valence-electron chi connectivity index (χ2n) is 6.95. The van der Waals surface area contributed by atoms with Gasteiger partial charge in [-0.2, -0.15) is 0 Å². The van der Waals surface area contributed by atoms with Crippen molar-refractivity contribution in [3.8, 4) is 0 Å². The molecule has 2 aliphatic rings. The van der Waals surface area contributed by atoms with Gasteiger partial charge in [-0.15, -0.1) is 0 Å². The first-order valence-electron chi connectivity index (χ1n) is 8.31. The van der Waals surface area contributed by atoms with Crippen LogP contribution < -0.4 is 5.32 Å². The van der Waals surface area contributed by atoms with E-state index in [1.807, 2.05) is 30.3 Å². The maximum absolute atomic E-state index is 12.5. The molecular formula is C18H26N2O2. The van der Waals surface area contributed by atoms with E-state index in [0.717, 1.165) is 31.6 Å². The van der Waals surface area contributed by atoms with Gasteiger partial charge in [-0.3, -0.25) is 9.69 Å². The molecule has 0 aromatic heterocycles. The number of benzene rings is 1. The Morgan fingerprint density at radius 3 is 2.82 bits per heavy atom. The molecule has 2 aliphatic heterocycles. The molecule has 2 fully saturated rings. The fourth-order valence-electron chi connectivity index (χ4n) is 3.59. The summed E-state index contributed by atoms with van der Waals surface area (Å²) < 4.78 is 5.99. The number of hydrogen-bond donors (Lipinski definition) is 1. The van der Waals surface area contributed by atoms with E-state index in [2.05, 4.69) is 24.1 Å². The lowest BCUT2D eigenvalue weighted by Crippen LogP contribution is -2.46. The van der Waals surface area contributed by atoms with Crippen LogP contribution in [0.15, 0.2) is 30.3 Å². The fraction of sp³-hybridized carbons (Fsp3) is 0.611. The third kappa shape index (κ3) is 3.68. The van der Waals surface area contributed by atoms with Crippen molar-refractivity contribution in [1.29, 1.82) is 0 Å². The van der Waals surface area contributed by atoms with Gasteiger partial charge >= 0.3 is 0 Å². The lowest BCUT2D eigenvalue weighted by atomic mass is 9.99. The van der Waals surface area contributed by atoms with Crippen LogP contribution in [0.5, 0.6) is 0 Å². The highest BCUT2D eigenvalue weighted by Crippen LogP contribution is 2.32. The highest BCUT2D eigenvalue weighted by Gasteiger charge is 2.44. The molecule has 4 heteroatoms. The lowest BCUT2D eigenvalue weighted by molar-refractivity contribution is -0.128. The average molecular weight is 302 g/mol. The second kappa shape index (κ2) is 6.80. The Morgan fingerprint density at radius 1 is 1.32 bits per heavy atom. The number of nitrogens with zero attached hydrogens (tertiary/aromatic N) is 1. The molecule has 2 saturated heterocycles. The van der Waals surface area contributed by atoms with Gasteiger partial charge in [0.15, 0.2) is 0 Å². The number of fused-ring (bicyclic) bond motifs is 2. The van der Waals surface area contributed by atoms with Crippen molar-refractivity contribution in [2.75, 3.05) is 19.6 Å². The van der Waals surface area contributed by atoms with Gasteiger partial charge in [-0.1, -0.05) is 44.2 Å². The van der Waals surface area contributed by atoms with Gasteiger partial charge in [0.25, 0.3) is 0 Å². The number of morpholine rings is 1. The van der Waals surface area contributed by atoms with Crippen LogP contribution in [-0.4, -0.2) is 42.6 Å². The molecule has 120 valence electrons. The lowest BCUT2D eigenvalue weighted by Gasteiger charge is -2.33. The number of ether oxygens (including phenoxy) is 1. The number of hydrogen-bond acceptors (Lipinski definition) is 3. The number of carbonyl (C=O) groups excluding carboxylic acids is 1. The molecule has 3 atom stereocenters. The molecule has 1 aromatic rings. The van der Waals surface area contributed by atoms with E-state index in [1.165, 1.54) is 0 Å². The standard InChI is InChI=1S/C18H26N2O2/c1-13(2)10-20-11-15-8-16(17(12-20)22-15)18(21)19-9-14-6-4-3-5-7-14/h3-7,13,15-17H,8-12H2,1-2H3,(H,19,21)/t15-,16+,17-/m1/s1. The number of nitrogens with one attached hydrogen (secondary N) is 1. The Balaban J connectivity index is 1.53. The minimum absolute atomic E-state index is 0.00544. The maximum Gasteiger partial charge on any atom is 0.226 e. The first kappa shape index (κ1) is 15.5. The molecule has 3 rings (SSSR count). The van der Waals surface area contributed by atoms with Crippen molar-refractivity contribution >= 4 is 5.91 Å². The van der Waals surface area contributed by atoms with Crippen LogP contribution >= 0.6 is 0 Å². The molecule has 0 radical (unpaired) electrons. The largest absolute Gasteiger partial charge is 0.371 e. The average Bonchev–Trinajstić information content (AvgIpc) is 2.80. The van der Waals surface area contributed by atoms with Crippen molar-refractivity contribution in [2.24, 2.45) is 11.8 Å². The van der Waals surface area contributed by atoms with Crippen molar-refractivity contribution < 1.29 is 9.53 Å². The van der Waals surface area contributed by atoms with Gasteiger partial charge in [-0.25, -0.2) is 0 Å². The maximum atomic E-state index is 12.5. The van der Waals surface area contributed by atoms with E-state index in [0.29, 0.717) is 12.5 Å². The van der Waals surface area contributed by atoms with E-state index in [-0.39, 0.29) is 24.0 Å². The molecule has 22 heavy (non-hydrogen) atoms. The molecule has 0 aliphatic carbocycles. The fourth-order valence-corrected chi connectivity index (χ4v) is 3.59. The van der Waals surface area contributed by atoms with Gasteiger partial charge in [0.05, 0.1) is 18.1 Å². The van der Waals surface area contributed by atoms with Gasteiger partial charge in [-0.05, 0) is 17.9 Å². The van der Waals surface area contributed by atoms with Crippen LogP contribution in [0.2, 0.25) is 0 Å². The Labute approximate surface area is 132 Å². The van der Waals surface area contributed by atoms with E-state index in [1.54, 1.807) is 0 Å². The monoisotopic (exact) mass is 302 g/mol. The van der Waals surface area contributed by atoms with Crippen LogP contribution in [0.4, 0.5) is 0 Å². The molecule has 1 amide bonds. The van der Waals surface area contributed by atoms with Crippen molar-refractivity contribution in [2.45, 2.75) is 39.0 Å². The SMILES string of the molecule is CC(C)CN1C[C@H]2C[C@H](C(=O)NCc3ccccc3)[C@@H](C1)O2. The Morgan fingerprint density at radius 2 is 2.09 bits per heavy atom. The summed E-state index contributed by atoms with van der Waals surface area (Å²) in [4.78, 5) is 14.9. The molecule has 0 unspecified atom stereocenters. The zero-order chi connectivity index (χ0) is 15.5. The summed E-state index contributed by atoms with van der Waals surface area (Å²) in [5.74, 6) is 0.802. The van der Waals surface area contributed by atoms with Crippen molar-refractivity contribution in [3.63, 3.8) is 0 Å². The van der Waals surface area contributed by atoms with Crippen LogP contribution in [0.3, 0.4) is 0 Å². The summed E-state index contributed by atoms with van der Waals surface area (Å²) in [7, 11) is 0. The van der Waals surface area contributed by atoms with Crippen molar-refractivity contribution in [3.05, 3.63) is 35.9 Å². The third-order valence-corrected chi connectivity index (χ3v) is 4.50. The normalized spacial score (nSPS) is 28.0. The Kier molecular flexibility index (Phi) is 4.79. The first-order valence-corrected chi connectivity index (χ1v) is 8.31. The molecule has 2 heterocycles.